The van der Waals surface area contributed by atoms with Crippen molar-refractivity contribution in [3.8, 4) is 0 Å². The van der Waals surface area contributed by atoms with Crippen LogP contribution in [-0.2, 0) is 6.54 Å². The van der Waals surface area contributed by atoms with Crippen LogP contribution in [0.25, 0.3) is 0 Å². The summed E-state index contributed by atoms with van der Waals surface area (Å²) in [6.07, 6.45) is 8.17. The Hall–Kier alpha value is -0.380. The Morgan fingerprint density at radius 2 is 2.10 bits per heavy atom. The van der Waals surface area contributed by atoms with Gasteiger partial charge in [-0.05, 0) is 37.0 Å². The van der Waals surface area contributed by atoms with Crippen molar-refractivity contribution in [2.75, 3.05) is 13.1 Å². The van der Waals surface area contributed by atoms with E-state index in [1.54, 1.807) is 0 Å². The highest BCUT2D eigenvalue weighted by molar-refractivity contribution is 9.10. The van der Waals surface area contributed by atoms with E-state index in [2.05, 4.69) is 57.3 Å². The van der Waals surface area contributed by atoms with Gasteiger partial charge in [-0.3, -0.25) is 4.90 Å². The van der Waals surface area contributed by atoms with Crippen molar-refractivity contribution in [3.63, 3.8) is 0 Å². The minimum absolute atomic E-state index is 0.409. The van der Waals surface area contributed by atoms with Crippen molar-refractivity contribution in [2.45, 2.75) is 63.6 Å². The number of nitrogens with zero attached hydrogens (tertiary/aromatic N) is 1. The summed E-state index contributed by atoms with van der Waals surface area (Å²) in [5, 5.41) is 3.81. The standard InChI is InChI=1S/C18H27BrN2/c1-2-17-13-21(12-15-7-6-8-16(19)11-15)18(14-20-17)9-4-3-5-10-18/h6-8,11,17,20H,2-5,9-10,12-14H2,1H3. The second kappa shape index (κ2) is 6.80. The predicted molar refractivity (Wildman–Crippen MR) is 92.4 cm³/mol. The van der Waals surface area contributed by atoms with Gasteiger partial charge in [-0.2, -0.15) is 0 Å². The maximum atomic E-state index is 3.81. The number of nitrogens with one attached hydrogen (secondary N) is 1. The van der Waals surface area contributed by atoms with Crippen molar-refractivity contribution in [2.24, 2.45) is 0 Å². The molecule has 116 valence electrons. The molecule has 1 saturated heterocycles. The molecule has 1 aromatic carbocycles. The molecule has 2 fully saturated rings. The molecule has 0 aromatic heterocycles. The van der Waals surface area contributed by atoms with E-state index >= 15 is 0 Å². The topological polar surface area (TPSA) is 15.3 Å². The van der Waals surface area contributed by atoms with Gasteiger partial charge in [0.1, 0.15) is 0 Å². The maximum absolute atomic E-state index is 3.81. The Bertz CT molecular complexity index is 468. The van der Waals surface area contributed by atoms with Crippen molar-refractivity contribution in [1.29, 1.82) is 0 Å². The van der Waals surface area contributed by atoms with E-state index in [9.17, 15) is 0 Å². The lowest BCUT2D eigenvalue weighted by Crippen LogP contribution is -2.64. The molecule has 1 aliphatic heterocycles. The zero-order chi connectivity index (χ0) is 14.7. The molecule has 1 unspecified atom stereocenters. The fourth-order valence-corrected chi connectivity index (χ4v) is 4.48. The molecule has 1 heterocycles. The summed E-state index contributed by atoms with van der Waals surface area (Å²) in [5.74, 6) is 0. The molecule has 1 saturated carbocycles. The summed E-state index contributed by atoms with van der Waals surface area (Å²) < 4.78 is 1.19. The molecule has 2 nitrogen and oxygen atoms in total. The molecule has 1 aromatic rings. The highest BCUT2D eigenvalue weighted by atomic mass is 79.9. The third kappa shape index (κ3) is 3.52. The van der Waals surface area contributed by atoms with Crippen LogP contribution in [0.2, 0.25) is 0 Å². The number of benzene rings is 1. The Morgan fingerprint density at radius 1 is 1.29 bits per heavy atom. The van der Waals surface area contributed by atoms with Gasteiger partial charge in [-0.15, -0.1) is 0 Å². The lowest BCUT2D eigenvalue weighted by atomic mass is 9.78. The second-order valence-electron chi connectivity index (χ2n) is 6.78. The first-order valence-corrected chi connectivity index (χ1v) is 9.24. The number of hydrogen-bond donors (Lipinski definition) is 1. The quantitative estimate of drug-likeness (QED) is 0.872. The van der Waals surface area contributed by atoms with Crippen LogP contribution in [0.5, 0.6) is 0 Å². The molecule has 1 atom stereocenters. The average molecular weight is 351 g/mol. The zero-order valence-corrected chi connectivity index (χ0v) is 14.7. The van der Waals surface area contributed by atoms with E-state index in [0.29, 0.717) is 11.6 Å². The summed E-state index contributed by atoms with van der Waals surface area (Å²) in [7, 11) is 0. The van der Waals surface area contributed by atoms with E-state index in [4.69, 9.17) is 0 Å². The summed E-state index contributed by atoms with van der Waals surface area (Å²) in [6.45, 7) is 5.77. The average Bonchev–Trinajstić information content (AvgIpc) is 2.51. The van der Waals surface area contributed by atoms with Crippen LogP contribution in [0.4, 0.5) is 0 Å². The summed E-state index contributed by atoms with van der Waals surface area (Å²) >= 11 is 3.61. The first-order chi connectivity index (χ1) is 10.2. The third-order valence-electron chi connectivity index (χ3n) is 5.37. The maximum Gasteiger partial charge on any atom is 0.0338 e. The third-order valence-corrected chi connectivity index (χ3v) is 5.86. The van der Waals surface area contributed by atoms with Crippen LogP contribution in [0.15, 0.2) is 28.7 Å². The fraction of sp³-hybridized carbons (Fsp3) is 0.667. The first-order valence-electron chi connectivity index (χ1n) is 8.45. The van der Waals surface area contributed by atoms with E-state index < -0.39 is 0 Å². The minimum Gasteiger partial charge on any atom is -0.311 e. The van der Waals surface area contributed by atoms with Crippen LogP contribution in [0.1, 0.15) is 51.0 Å². The SMILES string of the molecule is CCC1CN(Cc2cccc(Br)c2)C2(CCCCC2)CN1. The van der Waals surface area contributed by atoms with Crippen molar-refractivity contribution in [1.82, 2.24) is 10.2 Å². The normalized spacial score (nSPS) is 26.1. The van der Waals surface area contributed by atoms with Gasteiger partial charge in [0.25, 0.3) is 0 Å². The molecule has 0 radical (unpaired) electrons. The van der Waals surface area contributed by atoms with Gasteiger partial charge in [0, 0.05) is 35.7 Å². The summed E-state index contributed by atoms with van der Waals surface area (Å²) in [4.78, 5) is 2.79. The van der Waals surface area contributed by atoms with Crippen molar-refractivity contribution in [3.05, 3.63) is 34.3 Å². The monoisotopic (exact) mass is 350 g/mol. The Balaban J connectivity index is 1.79. The van der Waals surface area contributed by atoms with Crippen molar-refractivity contribution < 1.29 is 0 Å². The molecular formula is C18H27BrN2. The Labute approximate surface area is 137 Å². The number of rotatable bonds is 3. The largest absolute Gasteiger partial charge is 0.311 e. The molecule has 3 rings (SSSR count). The van der Waals surface area contributed by atoms with Crippen LogP contribution >= 0.6 is 15.9 Å². The van der Waals surface area contributed by atoms with Crippen molar-refractivity contribution >= 4 is 15.9 Å². The first kappa shape index (κ1) is 15.5. The van der Waals surface area contributed by atoms with E-state index in [1.807, 2.05) is 0 Å². The molecule has 0 amide bonds. The van der Waals surface area contributed by atoms with E-state index in [1.165, 1.54) is 61.7 Å². The number of halogens is 1. The minimum atomic E-state index is 0.409. The molecule has 2 aliphatic rings. The molecule has 1 N–H and O–H groups in total. The lowest BCUT2D eigenvalue weighted by molar-refractivity contribution is 0.00272. The molecular weight excluding hydrogens is 324 g/mol. The Morgan fingerprint density at radius 3 is 2.81 bits per heavy atom. The van der Waals surface area contributed by atoms with Crippen LogP contribution in [-0.4, -0.2) is 29.6 Å². The number of hydrogen-bond acceptors (Lipinski definition) is 2. The highest BCUT2D eigenvalue weighted by Crippen LogP contribution is 2.36. The van der Waals surface area contributed by atoms with Gasteiger partial charge < -0.3 is 5.32 Å². The lowest BCUT2D eigenvalue weighted by Gasteiger charge is -2.52. The molecule has 0 bridgehead atoms. The van der Waals surface area contributed by atoms with Gasteiger partial charge in [-0.1, -0.05) is 54.2 Å². The fourth-order valence-electron chi connectivity index (χ4n) is 4.03. The zero-order valence-electron chi connectivity index (χ0n) is 13.1. The second-order valence-corrected chi connectivity index (χ2v) is 7.70. The smallest absolute Gasteiger partial charge is 0.0338 e. The Kier molecular flexibility index (Phi) is 5.03. The molecule has 1 spiro atoms. The van der Waals surface area contributed by atoms with Gasteiger partial charge in [-0.25, -0.2) is 0 Å². The van der Waals surface area contributed by atoms with Gasteiger partial charge in [0.15, 0.2) is 0 Å². The van der Waals surface area contributed by atoms with Gasteiger partial charge in [0.05, 0.1) is 0 Å². The highest BCUT2D eigenvalue weighted by Gasteiger charge is 2.41. The molecule has 21 heavy (non-hydrogen) atoms. The van der Waals surface area contributed by atoms with Gasteiger partial charge >= 0.3 is 0 Å². The number of piperazine rings is 1. The summed E-state index contributed by atoms with van der Waals surface area (Å²) in [5.41, 5.74) is 1.85. The predicted octanol–water partition coefficient (Wildman–Crippen LogP) is 4.34. The van der Waals surface area contributed by atoms with Crippen LogP contribution in [0, 0.1) is 0 Å². The summed E-state index contributed by atoms with van der Waals surface area (Å²) in [6, 6.07) is 9.48. The van der Waals surface area contributed by atoms with Crippen LogP contribution < -0.4 is 5.32 Å². The van der Waals surface area contributed by atoms with Crippen LogP contribution in [0.3, 0.4) is 0 Å². The van der Waals surface area contributed by atoms with E-state index in [-0.39, 0.29) is 0 Å². The molecule has 3 heteroatoms. The molecule has 1 aliphatic carbocycles. The van der Waals surface area contributed by atoms with E-state index in [0.717, 1.165) is 6.54 Å². The van der Waals surface area contributed by atoms with Gasteiger partial charge in [0.2, 0.25) is 0 Å².